The van der Waals surface area contributed by atoms with Crippen LogP contribution in [0.3, 0.4) is 0 Å². The molecular formula is C21H27N3. The Hall–Kier alpha value is -1.61. The Labute approximate surface area is 144 Å². The molecule has 5 rings (SSSR count). The van der Waals surface area contributed by atoms with Gasteiger partial charge in [-0.25, -0.2) is 4.98 Å². The number of piperidine rings is 1. The van der Waals surface area contributed by atoms with Crippen molar-refractivity contribution < 1.29 is 0 Å². The molecule has 3 aliphatic rings. The van der Waals surface area contributed by atoms with E-state index in [0.29, 0.717) is 5.41 Å². The Kier molecular flexibility index (Phi) is 3.18. The quantitative estimate of drug-likeness (QED) is 0.795. The number of hydrogen-bond acceptors (Lipinski definition) is 2. The van der Waals surface area contributed by atoms with Gasteiger partial charge in [-0.2, -0.15) is 0 Å². The first-order valence-corrected chi connectivity index (χ1v) is 9.52. The lowest BCUT2D eigenvalue weighted by Crippen LogP contribution is -2.59. The van der Waals surface area contributed by atoms with Crippen LogP contribution in [0, 0.1) is 12.8 Å². The zero-order valence-corrected chi connectivity index (χ0v) is 14.8. The molecule has 1 saturated heterocycles. The van der Waals surface area contributed by atoms with Crippen molar-refractivity contribution in [1.29, 1.82) is 0 Å². The van der Waals surface area contributed by atoms with Crippen molar-refractivity contribution in [2.24, 2.45) is 5.92 Å². The molecule has 3 atom stereocenters. The monoisotopic (exact) mass is 321 g/mol. The van der Waals surface area contributed by atoms with E-state index in [1.165, 1.54) is 56.3 Å². The summed E-state index contributed by atoms with van der Waals surface area (Å²) in [6.07, 6.45) is 14.1. The largest absolute Gasteiger partial charge is 0.306 e. The van der Waals surface area contributed by atoms with Gasteiger partial charge < -0.3 is 9.47 Å². The minimum Gasteiger partial charge on any atom is -0.306 e. The fourth-order valence-corrected chi connectivity index (χ4v) is 6.03. The zero-order chi connectivity index (χ0) is 16.3. The predicted molar refractivity (Wildman–Crippen MR) is 96.7 cm³/mol. The molecule has 2 aliphatic carbocycles. The molecule has 126 valence electrons. The van der Waals surface area contributed by atoms with Gasteiger partial charge in [0, 0.05) is 29.5 Å². The highest BCUT2D eigenvalue weighted by Crippen LogP contribution is 2.55. The summed E-state index contributed by atoms with van der Waals surface area (Å²) in [5, 5.41) is 0. The van der Waals surface area contributed by atoms with Crippen LogP contribution in [0.4, 0.5) is 0 Å². The summed E-state index contributed by atoms with van der Waals surface area (Å²) in [6.45, 7) is 3.54. The Morgan fingerprint density at radius 1 is 1.21 bits per heavy atom. The van der Waals surface area contributed by atoms with Gasteiger partial charge in [-0.1, -0.05) is 18.9 Å². The number of likely N-dealkylation sites (tertiary alicyclic amines) is 1. The molecule has 1 saturated carbocycles. The van der Waals surface area contributed by atoms with E-state index in [9.17, 15) is 0 Å². The smallest absolute Gasteiger partial charge is 0.0991 e. The van der Waals surface area contributed by atoms with E-state index < -0.39 is 0 Å². The third-order valence-electron chi connectivity index (χ3n) is 7.21. The molecule has 0 unspecified atom stereocenters. The van der Waals surface area contributed by atoms with Gasteiger partial charge in [-0.15, -0.1) is 0 Å². The van der Waals surface area contributed by atoms with Crippen molar-refractivity contribution in [2.45, 2.75) is 56.9 Å². The Morgan fingerprint density at radius 2 is 2.12 bits per heavy atom. The highest BCUT2D eigenvalue weighted by atomic mass is 15.2. The topological polar surface area (TPSA) is 21.1 Å². The average molecular weight is 321 g/mol. The van der Waals surface area contributed by atoms with Crippen LogP contribution in [0.1, 0.15) is 48.8 Å². The SMILES string of the molecule is Cc1cc2c(cc1-n1ccnc1)C[C@H]1[C@@H]3CCCC[C@]23CCN1C. The molecule has 3 heteroatoms. The van der Waals surface area contributed by atoms with Crippen LogP contribution in [0.15, 0.2) is 30.9 Å². The summed E-state index contributed by atoms with van der Waals surface area (Å²) in [4.78, 5) is 6.89. The number of hydrogen-bond donors (Lipinski definition) is 0. The third kappa shape index (κ3) is 1.91. The number of fused-ring (bicyclic) bond motifs is 1. The van der Waals surface area contributed by atoms with Crippen molar-refractivity contribution in [3.05, 3.63) is 47.5 Å². The lowest BCUT2D eigenvalue weighted by Gasteiger charge is -2.58. The molecule has 1 aliphatic heterocycles. The van der Waals surface area contributed by atoms with Gasteiger partial charge in [0.1, 0.15) is 0 Å². The van der Waals surface area contributed by atoms with E-state index in [4.69, 9.17) is 0 Å². The molecule has 0 spiro atoms. The summed E-state index contributed by atoms with van der Waals surface area (Å²) in [6, 6.07) is 5.74. The van der Waals surface area contributed by atoms with Crippen molar-refractivity contribution in [2.75, 3.05) is 13.6 Å². The minimum absolute atomic E-state index is 0.460. The molecule has 3 nitrogen and oxygen atoms in total. The molecule has 2 bridgehead atoms. The number of rotatable bonds is 1. The Balaban J connectivity index is 1.69. The van der Waals surface area contributed by atoms with E-state index >= 15 is 0 Å². The van der Waals surface area contributed by atoms with Gasteiger partial charge in [0.15, 0.2) is 0 Å². The highest BCUT2D eigenvalue weighted by molar-refractivity contribution is 5.52. The Morgan fingerprint density at radius 3 is 2.96 bits per heavy atom. The van der Waals surface area contributed by atoms with Crippen LogP contribution in [0.2, 0.25) is 0 Å². The lowest BCUT2D eigenvalue weighted by molar-refractivity contribution is 0.00283. The van der Waals surface area contributed by atoms with Crippen molar-refractivity contribution >= 4 is 0 Å². The molecule has 1 aromatic carbocycles. The standard InChI is InChI=1S/C21H27N3/c1-15-11-18-16(12-19(15)24-10-8-22-14-24)13-20-17-5-3-4-6-21(17,18)7-9-23(20)2/h8,10-12,14,17,20H,3-7,9,13H2,1-2H3/t17-,20-,21+/m0/s1. The number of likely N-dealkylation sites (N-methyl/N-ethyl adjacent to an activating group) is 1. The third-order valence-corrected chi connectivity index (χ3v) is 7.21. The van der Waals surface area contributed by atoms with Crippen LogP contribution < -0.4 is 0 Å². The molecule has 2 heterocycles. The van der Waals surface area contributed by atoms with Gasteiger partial charge in [0.2, 0.25) is 0 Å². The molecule has 2 fully saturated rings. The van der Waals surface area contributed by atoms with E-state index in [0.717, 1.165) is 12.0 Å². The van der Waals surface area contributed by atoms with Crippen LogP contribution in [-0.2, 0) is 11.8 Å². The first kappa shape index (κ1) is 14.7. The first-order valence-electron chi connectivity index (χ1n) is 9.52. The molecule has 0 radical (unpaired) electrons. The Bertz CT molecular complexity index is 764. The molecule has 1 aromatic heterocycles. The maximum absolute atomic E-state index is 4.24. The number of aryl methyl sites for hydroxylation is 1. The van der Waals surface area contributed by atoms with Gasteiger partial charge >= 0.3 is 0 Å². The predicted octanol–water partition coefficient (Wildman–Crippen LogP) is 3.87. The van der Waals surface area contributed by atoms with E-state index in [2.05, 4.69) is 46.8 Å². The second-order valence-corrected chi connectivity index (χ2v) is 8.28. The van der Waals surface area contributed by atoms with Crippen LogP contribution in [0.5, 0.6) is 0 Å². The van der Waals surface area contributed by atoms with Crippen LogP contribution in [0.25, 0.3) is 5.69 Å². The zero-order valence-electron chi connectivity index (χ0n) is 14.8. The van der Waals surface area contributed by atoms with Gasteiger partial charge in [-0.05, 0) is 74.9 Å². The molecule has 2 aromatic rings. The van der Waals surface area contributed by atoms with E-state index in [1.807, 2.05) is 12.5 Å². The van der Waals surface area contributed by atoms with Crippen molar-refractivity contribution in [3.63, 3.8) is 0 Å². The second-order valence-electron chi connectivity index (χ2n) is 8.28. The average Bonchev–Trinajstić information content (AvgIpc) is 3.12. The first-order chi connectivity index (χ1) is 11.7. The maximum Gasteiger partial charge on any atom is 0.0991 e. The van der Waals surface area contributed by atoms with Crippen LogP contribution >= 0.6 is 0 Å². The number of benzene rings is 1. The van der Waals surface area contributed by atoms with E-state index in [1.54, 1.807) is 11.1 Å². The molecule has 24 heavy (non-hydrogen) atoms. The summed E-state index contributed by atoms with van der Waals surface area (Å²) in [5.74, 6) is 0.871. The fourth-order valence-electron chi connectivity index (χ4n) is 6.03. The number of nitrogens with zero attached hydrogens (tertiary/aromatic N) is 3. The molecule has 0 N–H and O–H groups in total. The minimum atomic E-state index is 0.460. The lowest BCUT2D eigenvalue weighted by atomic mass is 9.52. The number of imidazole rings is 1. The van der Waals surface area contributed by atoms with Crippen LogP contribution in [-0.4, -0.2) is 34.1 Å². The second kappa shape index (κ2) is 5.19. The highest BCUT2D eigenvalue weighted by Gasteiger charge is 2.53. The van der Waals surface area contributed by atoms with Crippen molar-refractivity contribution in [1.82, 2.24) is 14.5 Å². The summed E-state index contributed by atoms with van der Waals surface area (Å²) < 4.78 is 2.17. The van der Waals surface area contributed by atoms with E-state index in [-0.39, 0.29) is 0 Å². The maximum atomic E-state index is 4.24. The summed E-state index contributed by atoms with van der Waals surface area (Å²) in [5.41, 5.74) is 6.44. The van der Waals surface area contributed by atoms with Crippen molar-refractivity contribution in [3.8, 4) is 5.69 Å². The number of aromatic nitrogens is 2. The van der Waals surface area contributed by atoms with Gasteiger partial charge in [-0.3, -0.25) is 0 Å². The normalized spacial score (nSPS) is 32.2. The summed E-state index contributed by atoms with van der Waals surface area (Å²) in [7, 11) is 2.35. The molecule has 0 amide bonds. The fraction of sp³-hybridized carbons (Fsp3) is 0.571. The molecular weight excluding hydrogens is 294 g/mol. The van der Waals surface area contributed by atoms with Gasteiger partial charge in [0.05, 0.1) is 6.33 Å². The summed E-state index contributed by atoms with van der Waals surface area (Å²) >= 11 is 0. The van der Waals surface area contributed by atoms with Gasteiger partial charge in [0.25, 0.3) is 0 Å².